The number of rotatable bonds is 6. The first kappa shape index (κ1) is 21.4. The van der Waals surface area contributed by atoms with Crippen molar-refractivity contribution in [1.82, 2.24) is 4.90 Å². The number of hydrogen-bond acceptors (Lipinski definition) is 3. The zero-order valence-corrected chi connectivity index (χ0v) is 19.5. The van der Waals surface area contributed by atoms with E-state index in [1.54, 1.807) is 5.57 Å². The molecule has 3 heteroatoms. The van der Waals surface area contributed by atoms with Crippen molar-refractivity contribution >= 4 is 0 Å². The van der Waals surface area contributed by atoms with E-state index < -0.39 is 0 Å². The summed E-state index contributed by atoms with van der Waals surface area (Å²) in [5.74, 6) is 3.46. The number of fused-ring (bicyclic) bond motifs is 5. The van der Waals surface area contributed by atoms with Gasteiger partial charge in [0.05, 0.1) is 18.5 Å². The van der Waals surface area contributed by atoms with Crippen LogP contribution in [-0.2, 0) is 9.47 Å². The molecule has 3 saturated carbocycles. The summed E-state index contributed by atoms with van der Waals surface area (Å²) in [4.78, 5) is 2.21. The monoisotopic (exact) mass is 401 g/mol. The third-order valence-corrected chi connectivity index (χ3v) is 9.20. The van der Waals surface area contributed by atoms with Crippen LogP contribution in [0.15, 0.2) is 24.0 Å². The highest BCUT2D eigenvalue weighted by atomic mass is 16.5. The molecule has 0 aromatic rings. The van der Waals surface area contributed by atoms with Crippen LogP contribution in [0.4, 0.5) is 0 Å². The lowest BCUT2D eigenvalue weighted by Crippen LogP contribution is -2.51. The van der Waals surface area contributed by atoms with Gasteiger partial charge < -0.3 is 14.4 Å². The Labute approximate surface area is 178 Å². The highest BCUT2D eigenvalue weighted by Gasteiger charge is 2.59. The molecular weight excluding hydrogens is 358 g/mol. The van der Waals surface area contributed by atoms with Gasteiger partial charge in [0.2, 0.25) is 0 Å². The summed E-state index contributed by atoms with van der Waals surface area (Å²) < 4.78 is 12.5. The molecule has 0 saturated heterocycles. The fourth-order valence-corrected chi connectivity index (χ4v) is 7.60. The Morgan fingerprint density at radius 2 is 1.90 bits per heavy atom. The number of nitrogens with zero attached hydrogens (tertiary/aromatic N) is 1. The minimum Gasteiger partial charge on any atom is -0.495 e. The van der Waals surface area contributed by atoms with Crippen LogP contribution in [0.2, 0.25) is 0 Å². The van der Waals surface area contributed by atoms with Crippen LogP contribution in [0.1, 0.15) is 72.1 Å². The summed E-state index contributed by atoms with van der Waals surface area (Å²) in [6, 6.07) is 0. The van der Waals surface area contributed by atoms with Crippen molar-refractivity contribution in [1.29, 1.82) is 0 Å². The van der Waals surface area contributed by atoms with Crippen molar-refractivity contribution in [2.75, 3.05) is 27.2 Å². The number of hydrogen-bond donors (Lipinski definition) is 0. The highest BCUT2D eigenvalue weighted by Crippen LogP contribution is 2.65. The predicted molar refractivity (Wildman–Crippen MR) is 120 cm³/mol. The Kier molecular flexibility index (Phi) is 5.94. The molecule has 0 bridgehead atoms. The smallest absolute Gasteiger partial charge is 0.104 e. The van der Waals surface area contributed by atoms with E-state index in [0.717, 1.165) is 36.7 Å². The van der Waals surface area contributed by atoms with Gasteiger partial charge in [-0.05, 0) is 95.6 Å². The van der Waals surface area contributed by atoms with Crippen molar-refractivity contribution in [3.63, 3.8) is 0 Å². The third-order valence-electron chi connectivity index (χ3n) is 9.20. The average molecular weight is 402 g/mol. The summed E-state index contributed by atoms with van der Waals surface area (Å²) in [5.41, 5.74) is 2.47. The molecule has 0 radical (unpaired) electrons. The average Bonchev–Trinajstić information content (AvgIpc) is 2.97. The normalized spacial score (nSPS) is 43.9. The van der Waals surface area contributed by atoms with Crippen LogP contribution in [-0.4, -0.2) is 44.4 Å². The molecule has 3 fully saturated rings. The van der Waals surface area contributed by atoms with Gasteiger partial charge in [-0.3, -0.25) is 0 Å². The molecule has 29 heavy (non-hydrogen) atoms. The van der Waals surface area contributed by atoms with E-state index in [0.29, 0.717) is 23.0 Å². The van der Waals surface area contributed by atoms with Gasteiger partial charge in [-0.1, -0.05) is 32.1 Å². The lowest BCUT2D eigenvalue weighted by atomic mass is 9.47. The second kappa shape index (κ2) is 8.04. The lowest BCUT2D eigenvalue weighted by molar-refractivity contribution is -0.0846. The van der Waals surface area contributed by atoms with E-state index in [9.17, 15) is 0 Å². The Morgan fingerprint density at radius 3 is 2.62 bits per heavy atom. The van der Waals surface area contributed by atoms with Crippen molar-refractivity contribution in [3.05, 3.63) is 24.0 Å². The van der Waals surface area contributed by atoms with Crippen LogP contribution < -0.4 is 0 Å². The SMILES string of the molecule is C=C(C)O[C@H]1CCC2C3CCC4=C[C@@H](OCCN(C)C)CC[C@]4(C)C3CC[C@@]21C. The van der Waals surface area contributed by atoms with E-state index in [2.05, 4.69) is 45.5 Å². The van der Waals surface area contributed by atoms with Gasteiger partial charge in [0.25, 0.3) is 0 Å². The largest absolute Gasteiger partial charge is 0.495 e. The van der Waals surface area contributed by atoms with Crippen LogP contribution in [0.25, 0.3) is 0 Å². The molecule has 0 spiro atoms. The second-order valence-corrected chi connectivity index (χ2v) is 11.2. The van der Waals surface area contributed by atoms with Gasteiger partial charge in [0, 0.05) is 12.0 Å². The molecular formula is C26H43NO2. The molecule has 0 amide bonds. The maximum atomic E-state index is 6.24. The molecule has 0 aliphatic heterocycles. The minimum atomic E-state index is 0.336. The lowest BCUT2D eigenvalue weighted by Gasteiger charge is -2.58. The quantitative estimate of drug-likeness (QED) is 0.414. The van der Waals surface area contributed by atoms with Crippen molar-refractivity contribution in [2.24, 2.45) is 28.6 Å². The van der Waals surface area contributed by atoms with Gasteiger partial charge in [-0.15, -0.1) is 0 Å². The zero-order chi connectivity index (χ0) is 20.8. The molecule has 0 aromatic carbocycles. The summed E-state index contributed by atoms with van der Waals surface area (Å²) in [6.07, 6.45) is 13.7. The first-order chi connectivity index (χ1) is 13.7. The molecule has 0 N–H and O–H groups in total. The molecule has 4 aliphatic carbocycles. The van der Waals surface area contributed by atoms with Crippen molar-refractivity contribution < 1.29 is 9.47 Å². The maximum absolute atomic E-state index is 6.24. The van der Waals surface area contributed by atoms with E-state index in [4.69, 9.17) is 9.47 Å². The molecule has 0 aromatic heterocycles. The first-order valence-electron chi connectivity index (χ1n) is 12.0. The highest BCUT2D eigenvalue weighted by molar-refractivity contribution is 5.25. The zero-order valence-electron chi connectivity index (χ0n) is 19.5. The summed E-state index contributed by atoms with van der Waals surface area (Å²) >= 11 is 0. The topological polar surface area (TPSA) is 21.7 Å². The Morgan fingerprint density at radius 1 is 1.10 bits per heavy atom. The van der Waals surface area contributed by atoms with E-state index in [1.165, 1.54) is 51.4 Å². The van der Waals surface area contributed by atoms with Crippen LogP contribution >= 0.6 is 0 Å². The van der Waals surface area contributed by atoms with Gasteiger partial charge in [0.1, 0.15) is 6.10 Å². The van der Waals surface area contributed by atoms with E-state index in [-0.39, 0.29) is 0 Å². The van der Waals surface area contributed by atoms with Gasteiger partial charge in [-0.2, -0.15) is 0 Å². The molecule has 3 unspecified atom stereocenters. The number of ether oxygens (including phenoxy) is 2. The van der Waals surface area contributed by atoms with Crippen LogP contribution in [0.5, 0.6) is 0 Å². The standard InChI is InChI=1S/C26H43NO2/c1-18(2)29-24-10-9-22-21-8-7-19-17-20(28-16-15-27(5)6)11-13-25(19,3)23(21)12-14-26(22,24)4/h17,20-24H,1,7-16H2,2-6H3/t20-,21?,22?,23?,24-,25-,26-/m0/s1. The Balaban J connectivity index is 1.47. The second-order valence-electron chi connectivity index (χ2n) is 11.2. The Bertz CT molecular complexity index is 655. The van der Waals surface area contributed by atoms with E-state index >= 15 is 0 Å². The molecule has 3 nitrogen and oxygen atoms in total. The fourth-order valence-electron chi connectivity index (χ4n) is 7.60. The summed E-state index contributed by atoms with van der Waals surface area (Å²) in [7, 11) is 4.24. The number of likely N-dealkylation sites (N-methyl/N-ethyl adjacent to an activating group) is 1. The van der Waals surface area contributed by atoms with Crippen LogP contribution in [0.3, 0.4) is 0 Å². The number of allylic oxidation sites excluding steroid dienone is 2. The van der Waals surface area contributed by atoms with Crippen LogP contribution in [0, 0.1) is 28.6 Å². The predicted octanol–water partition coefficient (Wildman–Crippen LogP) is 5.81. The summed E-state index contributed by atoms with van der Waals surface area (Å²) in [6.45, 7) is 13.0. The van der Waals surface area contributed by atoms with Crippen molar-refractivity contribution in [3.8, 4) is 0 Å². The fraction of sp³-hybridized carbons (Fsp3) is 0.846. The maximum Gasteiger partial charge on any atom is 0.104 e. The molecule has 0 heterocycles. The summed E-state index contributed by atoms with van der Waals surface area (Å²) in [5, 5.41) is 0. The van der Waals surface area contributed by atoms with Gasteiger partial charge in [-0.25, -0.2) is 0 Å². The van der Waals surface area contributed by atoms with E-state index in [1.807, 2.05) is 6.92 Å². The minimum absolute atomic E-state index is 0.336. The molecule has 4 rings (SSSR count). The van der Waals surface area contributed by atoms with Gasteiger partial charge in [0.15, 0.2) is 0 Å². The van der Waals surface area contributed by atoms with Gasteiger partial charge >= 0.3 is 0 Å². The Hall–Kier alpha value is -0.800. The molecule has 4 aliphatic rings. The molecule has 164 valence electrons. The third kappa shape index (κ3) is 3.82. The molecule has 7 atom stereocenters. The first-order valence-corrected chi connectivity index (χ1v) is 12.0. The van der Waals surface area contributed by atoms with Crippen molar-refractivity contribution in [2.45, 2.75) is 84.3 Å².